The molecule has 0 spiro atoms. The number of alkyl halides is 2. The molecular weight excluding hydrogens is 437 g/mol. The third kappa shape index (κ3) is 3.28. The number of hydrogen-bond acceptors (Lipinski definition) is 5. The summed E-state index contributed by atoms with van der Waals surface area (Å²) in [6.07, 6.45) is 4.53. The van der Waals surface area contributed by atoms with Crippen LogP contribution in [0, 0.1) is 0 Å². The second-order valence-corrected chi connectivity index (χ2v) is 9.81. The van der Waals surface area contributed by atoms with Crippen molar-refractivity contribution in [3.8, 4) is 11.3 Å². The van der Waals surface area contributed by atoms with E-state index in [0.29, 0.717) is 22.2 Å². The molecule has 1 atom stereocenters. The molecule has 0 saturated carbocycles. The number of nitrogens with zero attached hydrogens (tertiary/aromatic N) is 6. The molecule has 0 aliphatic rings. The van der Waals surface area contributed by atoms with Crippen molar-refractivity contribution in [1.82, 2.24) is 29.2 Å². The Morgan fingerprint density at radius 3 is 2.53 bits per heavy atom. The number of halogens is 2. The monoisotopic (exact) mass is 454 g/mol. The van der Waals surface area contributed by atoms with Crippen LogP contribution in [-0.4, -0.2) is 40.3 Å². The van der Waals surface area contributed by atoms with E-state index in [1.54, 1.807) is 49.5 Å². The van der Waals surface area contributed by atoms with E-state index in [1.165, 1.54) is 28.9 Å². The number of imidazole rings is 1. The van der Waals surface area contributed by atoms with Gasteiger partial charge < -0.3 is 9.29 Å². The molecule has 0 aliphatic carbocycles. The number of rotatable bonds is 5. The first kappa shape index (κ1) is 20.4. The Labute approximate surface area is 180 Å². The predicted molar refractivity (Wildman–Crippen MR) is 114 cm³/mol. The Morgan fingerprint density at radius 1 is 1.03 bits per heavy atom. The molecule has 5 rings (SSSR count). The van der Waals surface area contributed by atoms with Gasteiger partial charge in [0.2, 0.25) is 13.2 Å². The van der Waals surface area contributed by atoms with Crippen LogP contribution in [0.5, 0.6) is 0 Å². The van der Waals surface area contributed by atoms with Gasteiger partial charge in [-0.3, -0.25) is 4.57 Å². The molecule has 0 amide bonds. The lowest BCUT2D eigenvalue weighted by Gasteiger charge is -2.15. The number of hydrogen-bond donors (Lipinski definition) is 1. The smallest absolute Gasteiger partial charge is 0.335 e. The van der Waals surface area contributed by atoms with Crippen LogP contribution >= 0.6 is 7.37 Å². The first-order valence-corrected chi connectivity index (χ1v) is 11.6. The van der Waals surface area contributed by atoms with Crippen LogP contribution in [0.15, 0.2) is 67.1 Å². The molecule has 162 valence electrons. The molecule has 1 N–H and O–H groups in total. The third-order valence-electron chi connectivity index (χ3n) is 5.29. The zero-order valence-corrected chi connectivity index (χ0v) is 17.7. The normalized spacial score (nSPS) is 14.1. The fraction of sp³-hybridized carbons (Fsp3) is 0.143. The Bertz CT molecular complexity index is 1500. The van der Waals surface area contributed by atoms with Gasteiger partial charge in [-0.05, 0) is 36.4 Å². The Hall–Kier alpha value is -3.49. The number of aromatic nitrogens is 6. The first-order valence-electron chi connectivity index (χ1n) is 9.76. The summed E-state index contributed by atoms with van der Waals surface area (Å²) in [6, 6.07) is 12.4. The van der Waals surface area contributed by atoms with E-state index in [-0.39, 0.29) is 17.4 Å². The van der Waals surface area contributed by atoms with E-state index in [1.807, 2.05) is 0 Å². The summed E-state index contributed by atoms with van der Waals surface area (Å²) in [5, 5.41) is 12.2. The molecule has 0 bridgehead atoms. The minimum absolute atomic E-state index is 0.126. The van der Waals surface area contributed by atoms with E-state index in [0.717, 1.165) is 4.52 Å². The summed E-state index contributed by atoms with van der Waals surface area (Å²) in [5.74, 6) is -4.07. The van der Waals surface area contributed by atoms with Crippen LogP contribution in [0.4, 0.5) is 8.78 Å². The molecule has 11 heteroatoms. The van der Waals surface area contributed by atoms with Gasteiger partial charge in [0, 0.05) is 41.2 Å². The van der Waals surface area contributed by atoms with Crippen molar-refractivity contribution in [2.75, 3.05) is 6.16 Å². The lowest BCUT2D eigenvalue weighted by Crippen LogP contribution is -2.21. The van der Waals surface area contributed by atoms with E-state index in [4.69, 9.17) is 0 Å². The number of pyridine rings is 1. The zero-order valence-electron chi connectivity index (χ0n) is 16.8. The van der Waals surface area contributed by atoms with Crippen LogP contribution in [0.3, 0.4) is 0 Å². The molecule has 4 aromatic heterocycles. The highest BCUT2D eigenvalue weighted by atomic mass is 31.2. The average Bonchev–Trinajstić information content (AvgIpc) is 3.45. The fourth-order valence-electron chi connectivity index (χ4n) is 3.42. The molecule has 32 heavy (non-hydrogen) atoms. The highest BCUT2D eigenvalue weighted by Crippen LogP contribution is 2.39. The molecule has 0 radical (unpaired) electrons. The van der Waals surface area contributed by atoms with E-state index >= 15 is 8.78 Å². The summed E-state index contributed by atoms with van der Waals surface area (Å²) in [7, 11) is -3.39. The van der Waals surface area contributed by atoms with Crippen molar-refractivity contribution in [2.45, 2.75) is 12.8 Å². The van der Waals surface area contributed by atoms with Gasteiger partial charge in [-0.25, -0.2) is 4.98 Å². The van der Waals surface area contributed by atoms with Crippen molar-refractivity contribution in [2.24, 2.45) is 0 Å². The predicted octanol–water partition coefficient (Wildman–Crippen LogP) is 3.49. The maximum atomic E-state index is 15.4. The molecule has 1 aromatic carbocycles. The molecule has 1 unspecified atom stereocenters. The molecule has 4 heterocycles. The zero-order chi connectivity index (χ0) is 22.5. The van der Waals surface area contributed by atoms with Crippen molar-refractivity contribution >= 4 is 24.0 Å². The van der Waals surface area contributed by atoms with E-state index < -0.39 is 19.1 Å². The molecule has 0 fully saturated rings. The topological polar surface area (TPSA) is 97.7 Å². The van der Waals surface area contributed by atoms with Gasteiger partial charge in [0.25, 0.3) is 0 Å². The average molecular weight is 454 g/mol. The standard InChI is InChI=1S/C21H17F2N6O2P/c1-2-32(30,31)16-6-3-14(4-7-16)17-8-10-19-25-26-20(29(19)27-17)21(22,23)15-5-9-18-24-11-12-28(18)13-15/h3-13H,2H2,1H3,(H,30,31). The van der Waals surface area contributed by atoms with Gasteiger partial charge in [-0.2, -0.15) is 18.4 Å². The number of fused-ring (bicyclic) bond motifs is 2. The van der Waals surface area contributed by atoms with Crippen LogP contribution in [0.1, 0.15) is 18.3 Å². The van der Waals surface area contributed by atoms with Gasteiger partial charge in [0.15, 0.2) is 5.65 Å². The molecule has 8 nitrogen and oxygen atoms in total. The van der Waals surface area contributed by atoms with Crippen LogP contribution < -0.4 is 5.30 Å². The third-order valence-corrected chi connectivity index (χ3v) is 7.25. The van der Waals surface area contributed by atoms with Gasteiger partial charge in [0.1, 0.15) is 5.65 Å². The molecule has 5 aromatic rings. The van der Waals surface area contributed by atoms with Crippen molar-refractivity contribution in [1.29, 1.82) is 0 Å². The lowest BCUT2D eigenvalue weighted by atomic mass is 10.1. The highest BCUT2D eigenvalue weighted by molar-refractivity contribution is 7.66. The fourth-order valence-corrected chi connectivity index (χ4v) is 4.40. The van der Waals surface area contributed by atoms with Crippen LogP contribution in [0.2, 0.25) is 0 Å². The van der Waals surface area contributed by atoms with Crippen molar-refractivity contribution in [3.63, 3.8) is 0 Å². The maximum Gasteiger partial charge on any atom is 0.335 e. The van der Waals surface area contributed by atoms with Crippen LogP contribution in [-0.2, 0) is 10.5 Å². The lowest BCUT2D eigenvalue weighted by molar-refractivity contribution is 0.0302. The van der Waals surface area contributed by atoms with Gasteiger partial charge in [-0.15, -0.1) is 10.2 Å². The second-order valence-electron chi connectivity index (χ2n) is 7.26. The maximum absolute atomic E-state index is 15.4. The highest BCUT2D eigenvalue weighted by Gasteiger charge is 2.40. The largest absolute Gasteiger partial charge is 0.341 e. The quantitative estimate of drug-likeness (QED) is 0.409. The van der Waals surface area contributed by atoms with E-state index in [9.17, 15) is 9.46 Å². The molecule has 0 aliphatic heterocycles. The Kier molecular flexibility index (Phi) is 4.65. The Balaban J connectivity index is 1.57. The summed E-state index contributed by atoms with van der Waals surface area (Å²) in [5.41, 5.74) is 1.46. The minimum Gasteiger partial charge on any atom is -0.341 e. The van der Waals surface area contributed by atoms with Gasteiger partial charge >= 0.3 is 5.92 Å². The molecular formula is C21H17F2N6O2P. The van der Waals surface area contributed by atoms with Crippen LogP contribution in [0.25, 0.3) is 22.6 Å². The summed E-state index contributed by atoms with van der Waals surface area (Å²) < 4.78 is 45.5. The van der Waals surface area contributed by atoms with Crippen molar-refractivity contribution < 1.29 is 18.2 Å². The van der Waals surface area contributed by atoms with Gasteiger partial charge in [0.05, 0.1) is 5.69 Å². The SMILES string of the molecule is CCP(=O)(O)c1ccc(-c2ccc3nnc(C(F)(F)c4ccc5nccn5c4)n3n2)cc1. The minimum atomic E-state index is -3.46. The first-order chi connectivity index (χ1) is 15.3. The number of benzene rings is 1. The second kappa shape index (κ2) is 7.29. The summed E-state index contributed by atoms with van der Waals surface area (Å²) >= 11 is 0. The van der Waals surface area contributed by atoms with Crippen molar-refractivity contribution in [3.05, 3.63) is 78.5 Å². The molecule has 0 saturated heterocycles. The Morgan fingerprint density at radius 2 is 1.78 bits per heavy atom. The summed E-state index contributed by atoms with van der Waals surface area (Å²) in [4.78, 5) is 14.1. The van der Waals surface area contributed by atoms with E-state index in [2.05, 4.69) is 20.3 Å². The summed E-state index contributed by atoms with van der Waals surface area (Å²) in [6.45, 7) is 1.64. The van der Waals surface area contributed by atoms with Gasteiger partial charge in [-0.1, -0.05) is 19.1 Å².